The van der Waals surface area contributed by atoms with Gasteiger partial charge < -0.3 is 18.9 Å². The van der Waals surface area contributed by atoms with Gasteiger partial charge in [-0.25, -0.2) is 0 Å². The number of methoxy groups -OCH3 is 4. The molecule has 1 fully saturated rings. The Morgan fingerprint density at radius 2 is 1.30 bits per heavy atom. The molecule has 0 radical (unpaired) electrons. The second kappa shape index (κ2) is 9.46. The number of nitrogens with zero attached hydrogens (tertiary/aromatic N) is 1. The summed E-state index contributed by atoms with van der Waals surface area (Å²) in [5.41, 5.74) is 5.58. The first-order valence-corrected chi connectivity index (χ1v) is 12.4. The lowest BCUT2D eigenvalue weighted by molar-refractivity contribution is 0.0829. The average Bonchev–Trinajstić information content (AvgIpc) is 2.87. The van der Waals surface area contributed by atoms with E-state index < -0.39 is 0 Å². The summed E-state index contributed by atoms with van der Waals surface area (Å²) in [7, 11) is 6.91. The Morgan fingerprint density at radius 1 is 0.727 bits per heavy atom. The first-order chi connectivity index (χ1) is 16.2. The highest BCUT2D eigenvalue weighted by atomic mass is 16.5. The largest absolute Gasteiger partial charge is 0.493 e. The van der Waals surface area contributed by atoms with Gasteiger partial charge in [-0.15, -0.1) is 0 Å². The third-order valence-corrected chi connectivity index (χ3v) is 8.14. The smallest absolute Gasteiger partial charge is 0.161 e. The highest BCUT2D eigenvalue weighted by Gasteiger charge is 2.40. The summed E-state index contributed by atoms with van der Waals surface area (Å²) in [4.78, 5) is 2.76. The van der Waals surface area contributed by atoms with E-state index >= 15 is 0 Å². The minimum atomic E-state index is 0.341. The van der Waals surface area contributed by atoms with Gasteiger partial charge in [0.2, 0.25) is 0 Å². The van der Waals surface area contributed by atoms with Gasteiger partial charge in [-0.3, -0.25) is 4.90 Å². The zero-order chi connectivity index (χ0) is 22.9. The lowest BCUT2D eigenvalue weighted by atomic mass is 9.76. The van der Waals surface area contributed by atoms with Crippen LogP contribution in [0.15, 0.2) is 24.3 Å². The van der Waals surface area contributed by atoms with Crippen LogP contribution in [0.2, 0.25) is 0 Å². The third kappa shape index (κ3) is 4.05. The molecule has 2 aromatic rings. The molecule has 0 aromatic heterocycles. The van der Waals surface area contributed by atoms with E-state index in [1.54, 1.807) is 28.4 Å². The van der Waals surface area contributed by atoms with Crippen LogP contribution in [0.25, 0.3) is 0 Å². The minimum absolute atomic E-state index is 0.341. The summed E-state index contributed by atoms with van der Waals surface area (Å²) < 4.78 is 22.7. The van der Waals surface area contributed by atoms with Crippen LogP contribution in [-0.4, -0.2) is 39.9 Å². The van der Waals surface area contributed by atoms with Crippen LogP contribution in [0.3, 0.4) is 0 Å². The van der Waals surface area contributed by atoms with Gasteiger partial charge in [0, 0.05) is 18.6 Å². The van der Waals surface area contributed by atoms with E-state index in [0.717, 1.165) is 48.3 Å². The molecule has 178 valence electrons. The zero-order valence-electron chi connectivity index (χ0n) is 20.5. The Bertz CT molecular complexity index is 998. The molecule has 33 heavy (non-hydrogen) atoms. The molecule has 2 atom stereocenters. The maximum absolute atomic E-state index is 5.71. The Labute approximate surface area is 198 Å². The summed E-state index contributed by atoms with van der Waals surface area (Å²) in [5, 5.41) is 0. The number of rotatable bonds is 6. The molecule has 0 spiro atoms. The van der Waals surface area contributed by atoms with Crippen molar-refractivity contribution in [3.05, 3.63) is 46.5 Å². The van der Waals surface area contributed by atoms with E-state index in [0.29, 0.717) is 12.1 Å². The highest BCUT2D eigenvalue weighted by molar-refractivity contribution is 5.53. The van der Waals surface area contributed by atoms with Gasteiger partial charge in [0.15, 0.2) is 23.0 Å². The average molecular weight is 452 g/mol. The summed E-state index contributed by atoms with van der Waals surface area (Å²) in [6.45, 7) is 1.07. The first kappa shape index (κ1) is 22.4. The van der Waals surface area contributed by atoms with Crippen LogP contribution >= 0.6 is 0 Å². The molecule has 3 aliphatic rings. The van der Waals surface area contributed by atoms with E-state index in [9.17, 15) is 0 Å². The lowest BCUT2D eigenvalue weighted by Crippen LogP contribution is -2.43. The van der Waals surface area contributed by atoms with Gasteiger partial charge in [-0.05, 0) is 71.7 Å². The molecule has 0 amide bonds. The van der Waals surface area contributed by atoms with Crippen LogP contribution < -0.4 is 18.9 Å². The van der Waals surface area contributed by atoms with Crippen molar-refractivity contribution in [3.8, 4) is 23.0 Å². The van der Waals surface area contributed by atoms with Gasteiger partial charge in [-0.1, -0.05) is 32.1 Å². The predicted molar refractivity (Wildman–Crippen MR) is 130 cm³/mol. The molecular formula is C28H37NO4. The van der Waals surface area contributed by atoms with Crippen molar-refractivity contribution in [2.24, 2.45) is 5.92 Å². The molecule has 2 aromatic carbocycles. The van der Waals surface area contributed by atoms with Crippen molar-refractivity contribution in [3.63, 3.8) is 0 Å². The van der Waals surface area contributed by atoms with Crippen molar-refractivity contribution in [1.82, 2.24) is 4.90 Å². The van der Waals surface area contributed by atoms with Gasteiger partial charge in [0.05, 0.1) is 28.4 Å². The Morgan fingerprint density at radius 3 is 1.94 bits per heavy atom. The standard InChI is InChI=1S/C28H37NO4/c1-30-25-14-19-10-11-29-23(12-18-8-6-5-7-9-18)22-17-28(33-4)26(31-2)15-20(22)13-24(29)21(19)16-27(25)32-3/h14-18,23-24H,5-13H2,1-4H3/t23-,24-/m1/s1. The molecule has 5 rings (SSSR count). The predicted octanol–water partition coefficient (Wildman–Crippen LogP) is 5.89. The molecule has 0 unspecified atom stereocenters. The molecular weight excluding hydrogens is 414 g/mol. The summed E-state index contributed by atoms with van der Waals surface area (Å²) in [6, 6.07) is 9.62. The van der Waals surface area contributed by atoms with Crippen molar-refractivity contribution < 1.29 is 18.9 Å². The maximum Gasteiger partial charge on any atom is 0.161 e. The van der Waals surface area contributed by atoms with E-state index in [1.165, 1.54) is 60.8 Å². The Balaban J connectivity index is 1.59. The van der Waals surface area contributed by atoms with Crippen molar-refractivity contribution >= 4 is 0 Å². The van der Waals surface area contributed by atoms with Crippen LogP contribution in [0.5, 0.6) is 23.0 Å². The van der Waals surface area contributed by atoms with Gasteiger partial charge in [0.25, 0.3) is 0 Å². The second-order valence-corrected chi connectivity index (χ2v) is 9.78. The fourth-order valence-corrected chi connectivity index (χ4v) is 6.46. The maximum atomic E-state index is 5.71. The molecule has 5 nitrogen and oxygen atoms in total. The SMILES string of the molecule is COc1cc2c(cc1OC)[C@H]1Cc3cc(OC)c(OC)cc3[C@@H](CC3CCCCC3)N1CC2. The van der Waals surface area contributed by atoms with E-state index in [2.05, 4.69) is 29.2 Å². The van der Waals surface area contributed by atoms with Crippen molar-refractivity contribution in [2.75, 3.05) is 35.0 Å². The Hall–Kier alpha value is -2.40. The topological polar surface area (TPSA) is 40.2 Å². The van der Waals surface area contributed by atoms with Crippen LogP contribution in [0, 0.1) is 5.92 Å². The van der Waals surface area contributed by atoms with Crippen molar-refractivity contribution in [2.45, 2.75) is 63.5 Å². The first-order valence-electron chi connectivity index (χ1n) is 12.4. The van der Waals surface area contributed by atoms with E-state index in [1.807, 2.05) is 0 Å². The number of hydrogen-bond acceptors (Lipinski definition) is 5. The third-order valence-electron chi connectivity index (χ3n) is 8.14. The fourth-order valence-electron chi connectivity index (χ4n) is 6.46. The van der Waals surface area contributed by atoms with Crippen LogP contribution in [0.1, 0.15) is 72.9 Å². The number of fused-ring (bicyclic) bond motifs is 4. The molecule has 0 N–H and O–H groups in total. The zero-order valence-corrected chi connectivity index (χ0v) is 20.5. The van der Waals surface area contributed by atoms with Crippen LogP contribution in [0.4, 0.5) is 0 Å². The summed E-state index contributed by atoms with van der Waals surface area (Å²) >= 11 is 0. The second-order valence-electron chi connectivity index (χ2n) is 9.78. The fraction of sp³-hybridized carbons (Fsp3) is 0.571. The summed E-state index contributed by atoms with van der Waals surface area (Å²) in [6.07, 6.45) is 10.1. The van der Waals surface area contributed by atoms with Crippen molar-refractivity contribution in [1.29, 1.82) is 0 Å². The minimum Gasteiger partial charge on any atom is -0.493 e. The highest BCUT2D eigenvalue weighted by Crippen LogP contribution is 2.50. The Kier molecular flexibility index (Phi) is 6.42. The normalized spacial score (nSPS) is 22.7. The van der Waals surface area contributed by atoms with Gasteiger partial charge in [-0.2, -0.15) is 0 Å². The monoisotopic (exact) mass is 451 g/mol. The summed E-state index contributed by atoms with van der Waals surface area (Å²) in [5.74, 6) is 4.11. The molecule has 2 heterocycles. The van der Waals surface area contributed by atoms with Gasteiger partial charge in [0.1, 0.15) is 0 Å². The quantitative estimate of drug-likeness (QED) is 0.548. The molecule has 0 bridgehead atoms. The lowest BCUT2D eigenvalue weighted by Gasteiger charge is -2.48. The number of benzene rings is 2. The molecule has 2 aliphatic heterocycles. The van der Waals surface area contributed by atoms with E-state index in [4.69, 9.17) is 18.9 Å². The van der Waals surface area contributed by atoms with E-state index in [-0.39, 0.29) is 0 Å². The number of hydrogen-bond donors (Lipinski definition) is 0. The molecule has 0 saturated heterocycles. The number of ether oxygens (including phenoxy) is 4. The molecule has 5 heteroatoms. The van der Waals surface area contributed by atoms with Crippen LogP contribution in [-0.2, 0) is 12.8 Å². The molecule has 1 aliphatic carbocycles. The molecule has 1 saturated carbocycles. The van der Waals surface area contributed by atoms with Gasteiger partial charge >= 0.3 is 0 Å².